The highest BCUT2D eigenvalue weighted by atomic mass is 16.8. The number of carbonyl (C=O) groups is 2. The van der Waals surface area contributed by atoms with Gasteiger partial charge in [0.05, 0.1) is 18.1 Å². The summed E-state index contributed by atoms with van der Waals surface area (Å²) in [5.41, 5.74) is 0.443. The van der Waals surface area contributed by atoms with Gasteiger partial charge in [-0.25, -0.2) is 4.79 Å². The van der Waals surface area contributed by atoms with Crippen LogP contribution in [0.3, 0.4) is 0 Å². The molecule has 0 aromatic heterocycles. The Morgan fingerprint density at radius 3 is 2.38 bits per heavy atom. The third-order valence-electron chi connectivity index (χ3n) is 4.01. The van der Waals surface area contributed by atoms with Crippen LogP contribution in [0, 0.1) is 0 Å². The predicted molar refractivity (Wildman–Crippen MR) is 81.5 cm³/mol. The second-order valence-corrected chi connectivity index (χ2v) is 6.34. The molecule has 130 valence electrons. The first kappa shape index (κ1) is 16.9. The first-order valence-corrected chi connectivity index (χ1v) is 7.81. The molecule has 0 saturated carbocycles. The van der Waals surface area contributed by atoms with Crippen molar-refractivity contribution in [1.29, 1.82) is 0 Å². The van der Waals surface area contributed by atoms with Crippen LogP contribution in [-0.2, 0) is 23.7 Å². The lowest BCUT2D eigenvalue weighted by molar-refractivity contribution is -0.192. The molecule has 0 radical (unpaired) electrons. The number of carboxylic acid groups (broad SMARTS) is 1. The number of hydrogen-bond donors (Lipinski definition) is 1. The fourth-order valence-corrected chi connectivity index (χ4v) is 3.06. The van der Waals surface area contributed by atoms with Crippen LogP contribution in [0.2, 0.25) is 0 Å². The van der Waals surface area contributed by atoms with E-state index in [-0.39, 0.29) is 13.0 Å². The molecule has 0 aliphatic carbocycles. The smallest absolute Gasteiger partial charge is 0.338 e. The van der Waals surface area contributed by atoms with Crippen molar-refractivity contribution in [3.8, 4) is 0 Å². The van der Waals surface area contributed by atoms with Crippen molar-refractivity contribution >= 4 is 11.9 Å². The Bertz CT molecular complexity index is 613. The molecule has 0 spiro atoms. The first-order chi connectivity index (χ1) is 11.4. The lowest BCUT2D eigenvalue weighted by Crippen LogP contribution is -2.33. The Morgan fingerprint density at radius 2 is 1.75 bits per heavy atom. The largest absolute Gasteiger partial charge is 0.481 e. The predicted octanol–water partition coefficient (Wildman–Crippen LogP) is 1.61. The molecule has 24 heavy (non-hydrogen) atoms. The molecule has 2 saturated heterocycles. The Kier molecular flexibility index (Phi) is 4.58. The second kappa shape index (κ2) is 6.51. The van der Waals surface area contributed by atoms with Crippen molar-refractivity contribution in [1.82, 2.24) is 0 Å². The molecule has 2 heterocycles. The van der Waals surface area contributed by atoms with Crippen molar-refractivity contribution in [2.75, 3.05) is 6.61 Å². The molecule has 0 unspecified atom stereocenters. The third kappa shape index (κ3) is 3.58. The first-order valence-electron chi connectivity index (χ1n) is 7.81. The van der Waals surface area contributed by atoms with Crippen molar-refractivity contribution in [2.24, 2.45) is 0 Å². The molecule has 2 fully saturated rings. The van der Waals surface area contributed by atoms with Crippen LogP contribution in [0.15, 0.2) is 30.3 Å². The number of hydrogen-bond acceptors (Lipinski definition) is 6. The maximum Gasteiger partial charge on any atom is 0.338 e. The summed E-state index contributed by atoms with van der Waals surface area (Å²) in [6, 6.07) is 8.62. The summed E-state index contributed by atoms with van der Waals surface area (Å²) in [6.45, 7) is 3.50. The number of aliphatic carboxylic acids is 1. The maximum atomic E-state index is 12.0. The average molecular weight is 336 g/mol. The highest BCUT2D eigenvalue weighted by Crippen LogP contribution is 2.39. The Hall–Kier alpha value is -1.96. The van der Waals surface area contributed by atoms with Crippen LogP contribution in [-0.4, -0.2) is 53.9 Å². The van der Waals surface area contributed by atoms with Crippen LogP contribution in [0.1, 0.15) is 30.6 Å². The van der Waals surface area contributed by atoms with E-state index in [0.29, 0.717) is 5.56 Å². The van der Waals surface area contributed by atoms with Gasteiger partial charge >= 0.3 is 11.9 Å². The minimum Gasteiger partial charge on any atom is -0.481 e. The lowest BCUT2D eigenvalue weighted by atomic mass is 10.1. The van der Waals surface area contributed by atoms with Crippen molar-refractivity contribution < 1.29 is 33.6 Å². The molecular formula is C17H20O7. The third-order valence-corrected chi connectivity index (χ3v) is 4.01. The highest BCUT2D eigenvalue weighted by molar-refractivity contribution is 5.89. The summed E-state index contributed by atoms with van der Waals surface area (Å²) in [4.78, 5) is 23.0. The van der Waals surface area contributed by atoms with Crippen molar-refractivity contribution in [3.05, 3.63) is 35.9 Å². The van der Waals surface area contributed by atoms with E-state index in [1.165, 1.54) is 0 Å². The molecule has 3 rings (SSSR count). The van der Waals surface area contributed by atoms with Crippen LogP contribution < -0.4 is 0 Å². The van der Waals surface area contributed by atoms with Gasteiger partial charge in [0, 0.05) is 0 Å². The zero-order chi connectivity index (χ0) is 17.3. The van der Waals surface area contributed by atoms with Crippen LogP contribution in [0.4, 0.5) is 0 Å². The number of ether oxygens (including phenoxy) is 4. The minimum absolute atomic E-state index is 0.0234. The Morgan fingerprint density at radius 1 is 1.12 bits per heavy atom. The van der Waals surface area contributed by atoms with Gasteiger partial charge in [0.25, 0.3) is 0 Å². The van der Waals surface area contributed by atoms with E-state index in [4.69, 9.17) is 24.1 Å². The zero-order valence-electron chi connectivity index (χ0n) is 13.5. The van der Waals surface area contributed by atoms with E-state index in [1.807, 2.05) is 6.07 Å². The summed E-state index contributed by atoms with van der Waals surface area (Å²) in [7, 11) is 0. The second-order valence-electron chi connectivity index (χ2n) is 6.34. The molecule has 0 bridgehead atoms. The van der Waals surface area contributed by atoms with Gasteiger partial charge in [0.15, 0.2) is 5.79 Å². The molecule has 4 atom stereocenters. The molecule has 7 nitrogen and oxygen atoms in total. The van der Waals surface area contributed by atoms with E-state index >= 15 is 0 Å². The molecule has 1 N–H and O–H groups in total. The van der Waals surface area contributed by atoms with Gasteiger partial charge in [0.1, 0.15) is 24.9 Å². The fraction of sp³-hybridized carbons (Fsp3) is 0.529. The van der Waals surface area contributed by atoms with Crippen LogP contribution in [0.5, 0.6) is 0 Å². The average Bonchev–Trinajstić information content (AvgIpc) is 3.00. The monoisotopic (exact) mass is 336 g/mol. The van der Waals surface area contributed by atoms with Gasteiger partial charge in [-0.05, 0) is 26.0 Å². The van der Waals surface area contributed by atoms with Gasteiger partial charge in [-0.2, -0.15) is 0 Å². The molecular weight excluding hydrogens is 316 g/mol. The van der Waals surface area contributed by atoms with E-state index < -0.39 is 42.1 Å². The Balaban J connectivity index is 1.64. The van der Waals surface area contributed by atoms with Crippen LogP contribution >= 0.6 is 0 Å². The van der Waals surface area contributed by atoms with Crippen molar-refractivity contribution in [2.45, 2.75) is 50.5 Å². The summed E-state index contributed by atoms with van der Waals surface area (Å²) in [5, 5.41) is 9.02. The summed E-state index contributed by atoms with van der Waals surface area (Å²) < 4.78 is 22.6. The van der Waals surface area contributed by atoms with Gasteiger partial charge in [0.2, 0.25) is 0 Å². The van der Waals surface area contributed by atoms with Gasteiger partial charge in [-0.3, -0.25) is 4.79 Å². The number of carboxylic acids is 1. The topological polar surface area (TPSA) is 91.3 Å². The normalized spacial score (nSPS) is 30.8. The molecule has 7 heteroatoms. The maximum absolute atomic E-state index is 12.0. The molecule has 2 aliphatic heterocycles. The van der Waals surface area contributed by atoms with Gasteiger partial charge in [-0.1, -0.05) is 18.2 Å². The van der Waals surface area contributed by atoms with E-state index in [0.717, 1.165) is 0 Å². The number of benzene rings is 1. The van der Waals surface area contributed by atoms with Crippen LogP contribution in [0.25, 0.3) is 0 Å². The Labute approximate surface area is 139 Å². The van der Waals surface area contributed by atoms with Crippen molar-refractivity contribution in [3.63, 3.8) is 0 Å². The summed E-state index contributed by atoms with van der Waals surface area (Å²) in [5.74, 6) is -2.26. The standard InChI is InChI=1S/C17H20O7/c1-17(2)23-14-11(8-13(18)19)22-12(15(14)24-17)9-21-16(20)10-6-4-3-5-7-10/h3-7,11-12,14-15H,8-9H2,1-2H3,(H,18,19)/t11-,12+,14-,15+/m0/s1. The highest BCUT2D eigenvalue weighted by Gasteiger charge is 2.55. The number of rotatable bonds is 5. The zero-order valence-corrected chi connectivity index (χ0v) is 13.5. The minimum atomic E-state index is -0.978. The fourth-order valence-electron chi connectivity index (χ4n) is 3.06. The van der Waals surface area contributed by atoms with E-state index in [9.17, 15) is 9.59 Å². The summed E-state index contributed by atoms with van der Waals surface area (Å²) in [6.07, 6.45) is -2.34. The number of carbonyl (C=O) groups excluding carboxylic acids is 1. The van der Waals surface area contributed by atoms with E-state index in [1.54, 1.807) is 38.1 Å². The SMILES string of the molecule is CC1(C)O[C@@H]2[C@H](O1)[C@@H](COC(=O)c1ccccc1)O[C@H]2CC(=O)O. The molecule has 2 aliphatic rings. The molecule has 1 aromatic carbocycles. The molecule has 1 aromatic rings. The van der Waals surface area contributed by atoms with Gasteiger partial charge < -0.3 is 24.1 Å². The number of esters is 1. The van der Waals surface area contributed by atoms with Gasteiger partial charge in [-0.15, -0.1) is 0 Å². The van der Waals surface area contributed by atoms with E-state index in [2.05, 4.69) is 0 Å². The molecule has 0 amide bonds. The summed E-state index contributed by atoms with van der Waals surface area (Å²) >= 11 is 0. The number of fused-ring (bicyclic) bond motifs is 1. The lowest BCUT2D eigenvalue weighted by Gasteiger charge is -2.23. The quantitative estimate of drug-likeness (QED) is 0.817.